The van der Waals surface area contributed by atoms with Crippen LogP contribution in [0.1, 0.15) is 29.0 Å². The van der Waals surface area contributed by atoms with Crippen molar-refractivity contribution < 1.29 is 9.59 Å². The number of fused-ring (bicyclic) bond motifs is 2. The highest BCUT2D eigenvalue weighted by Gasteiger charge is 2.35. The second kappa shape index (κ2) is 8.53. The number of nitrogens with zero attached hydrogens (tertiary/aromatic N) is 2. The van der Waals surface area contributed by atoms with Crippen LogP contribution in [0, 0.1) is 0 Å². The largest absolute Gasteiger partial charge is 0.338 e. The zero-order valence-electron chi connectivity index (χ0n) is 17.3. The number of benzene rings is 2. The van der Waals surface area contributed by atoms with Gasteiger partial charge in [-0.25, -0.2) is 0 Å². The smallest absolute Gasteiger partial charge is 0.258 e. The molecule has 5 rings (SSSR count). The van der Waals surface area contributed by atoms with E-state index < -0.39 is 23.3 Å². The number of carbonyl (C=O) groups excluding carboxylic acids is 2. The number of rotatable bonds is 3. The number of hydrogen-bond donors (Lipinski definition) is 3. The zero-order chi connectivity index (χ0) is 23.1. The lowest BCUT2D eigenvalue weighted by molar-refractivity contribution is -0.123. The standard InChI is InChI=1S/C23H19Cl2N5O3/c24-14-5-6-16(25)17(9-14)26-21(32)15-10-18(31)27-20-19(15)22(33)29-23(28-20)30-8-7-12-3-1-2-4-13(12)11-30/h1-6,9,15H,7-8,10-11H2,(H,26,32)(H2,27,28,29,31,33)/t15-/m1/s1. The molecule has 0 radical (unpaired) electrons. The molecule has 2 aliphatic rings. The third kappa shape index (κ3) is 4.19. The summed E-state index contributed by atoms with van der Waals surface area (Å²) < 4.78 is 0. The molecule has 0 spiro atoms. The van der Waals surface area contributed by atoms with Crippen LogP contribution >= 0.6 is 23.2 Å². The molecule has 2 amide bonds. The van der Waals surface area contributed by atoms with E-state index in [0.29, 0.717) is 34.8 Å². The Morgan fingerprint density at radius 1 is 1.12 bits per heavy atom. The summed E-state index contributed by atoms with van der Waals surface area (Å²) in [6.45, 7) is 1.26. The Hall–Kier alpha value is -3.36. The molecule has 2 aliphatic heterocycles. The van der Waals surface area contributed by atoms with Gasteiger partial charge >= 0.3 is 0 Å². The van der Waals surface area contributed by atoms with Crippen LogP contribution in [0.3, 0.4) is 0 Å². The van der Waals surface area contributed by atoms with Crippen molar-refractivity contribution in [3.8, 4) is 0 Å². The van der Waals surface area contributed by atoms with E-state index in [0.717, 1.165) is 12.0 Å². The van der Waals surface area contributed by atoms with E-state index in [1.807, 2.05) is 23.1 Å². The number of aromatic amines is 1. The fourth-order valence-corrected chi connectivity index (χ4v) is 4.56. The lowest BCUT2D eigenvalue weighted by Gasteiger charge is -2.30. The molecule has 33 heavy (non-hydrogen) atoms. The minimum atomic E-state index is -1.02. The van der Waals surface area contributed by atoms with Gasteiger partial charge in [0.1, 0.15) is 5.82 Å². The first-order valence-corrected chi connectivity index (χ1v) is 11.2. The van der Waals surface area contributed by atoms with Crippen molar-refractivity contribution in [3.05, 3.63) is 79.6 Å². The lowest BCUT2D eigenvalue weighted by Crippen LogP contribution is -2.38. The van der Waals surface area contributed by atoms with Gasteiger partial charge in [0.25, 0.3) is 5.56 Å². The van der Waals surface area contributed by atoms with Crippen LogP contribution in [0.4, 0.5) is 17.5 Å². The number of hydrogen-bond acceptors (Lipinski definition) is 5. The molecule has 8 nitrogen and oxygen atoms in total. The molecule has 0 saturated heterocycles. The topological polar surface area (TPSA) is 107 Å². The van der Waals surface area contributed by atoms with Crippen molar-refractivity contribution >= 4 is 52.5 Å². The maximum Gasteiger partial charge on any atom is 0.258 e. The number of amides is 2. The van der Waals surface area contributed by atoms with Gasteiger partial charge in [-0.05, 0) is 35.7 Å². The second-order valence-corrected chi connectivity index (χ2v) is 8.85. The Labute approximate surface area is 198 Å². The minimum absolute atomic E-state index is 0.0983. The first-order valence-electron chi connectivity index (χ1n) is 10.4. The SMILES string of the molecule is O=C1C[C@@H](C(=O)Nc2cc(Cl)ccc2Cl)c2c(nc(N3CCc4ccccc4C3)[nH]c2=O)N1. The Kier molecular flexibility index (Phi) is 5.55. The fraction of sp³-hybridized carbons (Fsp3) is 0.217. The van der Waals surface area contributed by atoms with Crippen molar-refractivity contribution in [1.29, 1.82) is 0 Å². The monoisotopic (exact) mass is 483 g/mol. The molecule has 3 aromatic rings. The number of H-pyrrole nitrogens is 1. The summed E-state index contributed by atoms with van der Waals surface area (Å²) in [4.78, 5) is 47.7. The maximum absolute atomic E-state index is 13.1. The van der Waals surface area contributed by atoms with Crippen LogP contribution < -0.4 is 21.1 Å². The van der Waals surface area contributed by atoms with E-state index >= 15 is 0 Å². The van der Waals surface area contributed by atoms with E-state index in [2.05, 4.69) is 26.7 Å². The number of halogens is 2. The predicted octanol–water partition coefficient (Wildman–Crippen LogP) is 3.70. The van der Waals surface area contributed by atoms with Crippen molar-refractivity contribution in [3.63, 3.8) is 0 Å². The van der Waals surface area contributed by atoms with Crippen molar-refractivity contribution in [2.75, 3.05) is 22.1 Å². The molecule has 1 atom stereocenters. The first kappa shape index (κ1) is 21.5. The Morgan fingerprint density at radius 2 is 1.91 bits per heavy atom. The molecular formula is C23H19Cl2N5O3. The summed E-state index contributed by atoms with van der Waals surface area (Å²) >= 11 is 12.1. The van der Waals surface area contributed by atoms with Gasteiger partial charge in [0.05, 0.1) is 22.2 Å². The Balaban J connectivity index is 1.46. The van der Waals surface area contributed by atoms with Gasteiger partial charge in [-0.15, -0.1) is 0 Å². The molecular weight excluding hydrogens is 465 g/mol. The highest BCUT2D eigenvalue weighted by atomic mass is 35.5. The molecule has 0 saturated carbocycles. The molecule has 10 heteroatoms. The van der Waals surface area contributed by atoms with Gasteiger partial charge in [0, 0.05) is 24.5 Å². The van der Waals surface area contributed by atoms with Crippen molar-refractivity contribution in [1.82, 2.24) is 9.97 Å². The quantitative estimate of drug-likeness (QED) is 0.526. The van der Waals surface area contributed by atoms with E-state index in [-0.39, 0.29) is 17.8 Å². The van der Waals surface area contributed by atoms with Crippen LogP contribution in [0.25, 0.3) is 0 Å². The molecule has 3 N–H and O–H groups in total. The summed E-state index contributed by atoms with van der Waals surface area (Å²) in [7, 11) is 0. The summed E-state index contributed by atoms with van der Waals surface area (Å²) in [5, 5.41) is 6.00. The summed E-state index contributed by atoms with van der Waals surface area (Å²) in [6, 6.07) is 12.8. The summed E-state index contributed by atoms with van der Waals surface area (Å²) in [5.74, 6) is -1.50. The van der Waals surface area contributed by atoms with E-state index in [1.54, 1.807) is 12.1 Å². The third-order valence-corrected chi connectivity index (χ3v) is 6.44. The molecule has 0 unspecified atom stereocenters. The van der Waals surface area contributed by atoms with Gasteiger partial charge < -0.3 is 15.5 Å². The Morgan fingerprint density at radius 3 is 2.73 bits per heavy atom. The second-order valence-electron chi connectivity index (χ2n) is 8.01. The van der Waals surface area contributed by atoms with Gasteiger partial charge in [0.15, 0.2) is 0 Å². The van der Waals surface area contributed by atoms with Crippen LogP contribution in [0.5, 0.6) is 0 Å². The van der Waals surface area contributed by atoms with E-state index in [9.17, 15) is 14.4 Å². The molecule has 0 bridgehead atoms. The number of nitrogens with one attached hydrogen (secondary N) is 3. The lowest BCUT2D eigenvalue weighted by atomic mass is 9.92. The van der Waals surface area contributed by atoms with Gasteiger partial charge in [-0.3, -0.25) is 19.4 Å². The first-order chi connectivity index (χ1) is 15.9. The van der Waals surface area contributed by atoms with Crippen molar-refractivity contribution in [2.45, 2.75) is 25.3 Å². The fourth-order valence-electron chi connectivity index (χ4n) is 4.22. The minimum Gasteiger partial charge on any atom is -0.338 e. The number of aromatic nitrogens is 2. The highest BCUT2D eigenvalue weighted by molar-refractivity contribution is 6.35. The van der Waals surface area contributed by atoms with Crippen LogP contribution in [0.2, 0.25) is 10.0 Å². The van der Waals surface area contributed by atoms with E-state index in [1.165, 1.54) is 11.6 Å². The molecule has 0 fully saturated rings. The molecule has 0 aliphatic carbocycles. The summed E-state index contributed by atoms with van der Waals surface area (Å²) in [6.07, 6.45) is 0.632. The van der Waals surface area contributed by atoms with Gasteiger partial charge in [-0.2, -0.15) is 4.98 Å². The summed E-state index contributed by atoms with van der Waals surface area (Å²) in [5.41, 5.74) is 2.37. The number of carbonyl (C=O) groups is 2. The average molecular weight is 484 g/mol. The molecule has 1 aromatic heterocycles. The Bertz CT molecular complexity index is 1340. The third-order valence-electron chi connectivity index (χ3n) is 5.87. The molecule has 3 heterocycles. The normalized spacial score (nSPS) is 17.1. The predicted molar refractivity (Wildman–Crippen MR) is 127 cm³/mol. The van der Waals surface area contributed by atoms with Crippen LogP contribution in [0.15, 0.2) is 47.3 Å². The highest BCUT2D eigenvalue weighted by Crippen LogP contribution is 2.33. The van der Waals surface area contributed by atoms with E-state index in [4.69, 9.17) is 23.2 Å². The average Bonchev–Trinajstić information content (AvgIpc) is 2.80. The molecule has 2 aromatic carbocycles. The van der Waals surface area contributed by atoms with Crippen LogP contribution in [-0.2, 0) is 22.6 Å². The van der Waals surface area contributed by atoms with Gasteiger partial charge in [-0.1, -0.05) is 47.5 Å². The zero-order valence-corrected chi connectivity index (χ0v) is 18.8. The maximum atomic E-state index is 13.1. The van der Waals surface area contributed by atoms with Crippen LogP contribution in [-0.4, -0.2) is 28.3 Å². The van der Waals surface area contributed by atoms with Gasteiger partial charge in [0.2, 0.25) is 17.8 Å². The van der Waals surface area contributed by atoms with Crippen molar-refractivity contribution in [2.24, 2.45) is 0 Å². The number of anilines is 3. The molecule has 168 valence electrons.